The summed E-state index contributed by atoms with van der Waals surface area (Å²) in [5.74, 6) is 0.0670. The van der Waals surface area contributed by atoms with Crippen molar-refractivity contribution in [3.63, 3.8) is 0 Å². The first-order valence-electron chi connectivity index (χ1n) is 9.11. The van der Waals surface area contributed by atoms with Crippen LogP contribution >= 0.6 is 0 Å². The van der Waals surface area contributed by atoms with E-state index in [1.807, 2.05) is 25.1 Å². The van der Waals surface area contributed by atoms with Gasteiger partial charge in [0.15, 0.2) is 0 Å². The number of amides is 1. The molecule has 0 aromatic heterocycles. The van der Waals surface area contributed by atoms with Gasteiger partial charge in [-0.25, -0.2) is 0 Å². The van der Waals surface area contributed by atoms with E-state index in [1.54, 1.807) is 0 Å². The Hall–Kier alpha value is -2.33. The molecule has 4 nitrogen and oxygen atoms in total. The summed E-state index contributed by atoms with van der Waals surface area (Å²) < 4.78 is 0. The fourth-order valence-corrected chi connectivity index (χ4v) is 3.24. The molecule has 3 rings (SSSR count). The third-order valence-corrected chi connectivity index (χ3v) is 4.99. The molecule has 1 saturated heterocycles. The molecule has 0 radical (unpaired) electrons. The third kappa shape index (κ3) is 4.40. The average molecular weight is 337 g/mol. The van der Waals surface area contributed by atoms with E-state index in [1.165, 1.54) is 11.3 Å². The van der Waals surface area contributed by atoms with Gasteiger partial charge in [0, 0.05) is 37.6 Å². The van der Waals surface area contributed by atoms with E-state index >= 15 is 0 Å². The zero-order valence-corrected chi connectivity index (χ0v) is 15.1. The smallest absolute Gasteiger partial charge is 0.241 e. The number of anilines is 2. The minimum atomic E-state index is -0.122. The summed E-state index contributed by atoms with van der Waals surface area (Å²) in [6, 6.07) is 18.5. The summed E-state index contributed by atoms with van der Waals surface area (Å²) in [4.78, 5) is 17.2. The summed E-state index contributed by atoms with van der Waals surface area (Å²) in [5.41, 5.74) is 3.41. The molecule has 4 heteroatoms. The van der Waals surface area contributed by atoms with Crippen LogP contribution in [0.3, 0.4) is 0 Å². The fraction of sp³-hybridized carbons (Fsp3) is 0.381. The van der Waals surface area contributed by atoms with Crippen molar-refractivity contribution in [2.24, 2.45) is 0 Å². The first-order chi connectivity index (χ1) is 12.2. The molecule has 1 fully saturated rings. The Morgan fingerprint density at radius 1 is 1.00 bits per heavy atom. The highest BCUT2D eigenvalue weighted by Crippen LogP contribution is 2.17. The van der Waals surface area contributed by atoms with Crippen molar-refractivity contribution < 1.29 is 4.79 Å². The second-order valence-corrected chi connectivity index (χ2v) is 6.57. The number of nitrogens with one attached hydrogen (secondary N) is 1. The fourth-order valence-electron chi connectivity index (χ4n) is 3.24. The van der Waals surface area contributed by atoms with Crippen molar-refractivity contribution in [3.8, 4) is 0 Å². The highest BCUT2D eigenvalue weighted by Gasteiger charge is 2.25. The predicted molar refractivity (Wildman–Crippen MR) is 104 cm³/mol. The molecule has 2 aromatic carbocycles. The van der Waals surface area contributed by atoms with E-state index in [-0.39, 0.29) is 11.9 Å². The van der Waals surface area contributed by atoms with Gasteiger partial charge in [0.1, 0.15) is 0 Å². The van der Waals surface area contributed by atoms with Crippen LogP contribution in [0.1, 0.15) is 19.4 Å². The van der Waals surface area contributed by atoms with Crippen LogP contribution in [-0.2, 0) is 11.2 Å². The van der Waals surface area contributed by atoms with Crippen molar-refractivity contribution in [1.29, 1.82) is 0 Å². The van der Waals surface area contributed by atoms with E-state index < -0.39 is 0 Å². The van der Waals surface area contributed by atoms with Gasteiger partial charge in [-0.15, -0.1) is 0 Å². The van der Waals surface area contributed by atoms with Gasteiger partial charge in [-0.3, -0.25) is 9.69 Å². The first-order valence-corrected chi connectivity index (χ1v) is 9.11. The van der Waals surface area contributed by atoms with Gasteiger partial charge in [0.05, 0.1) is 6.04 Å². The Morgan fingerprint density at radius 2 is 1.64 bits per heavy atom. The van der Waals surface area contributed by atoms with Gasteiger partial charge >= 0.3 is 0 Å². The lowest BCUT2D eigenvalue weighted by Gasteiger charge is -2.38. The lowest BCUT2D eigenvalue weighted by molar-refractivity contribution is -0.120. The Bertz CT molecular complexity index is 676. The van der Waals surface area contributed by atoms with Crippen LogP contribution < -0.4 is 10.2 Å². The zero-order chi connectivity index (χ0) is 17.6. The molecule has 0 aliphatic carbocycles. The molecule has 2 aromatic rings. The molecule has 0 spiro atoms. The maximum atomic E-state index is 12.6. The molecular formula is C21H27N3O. The van der Waals surface area contributed by atoms with E-state index in [9.17, 15) is 4.79 Å². The highest BCUT2D eigenvalue weighted by atomic mass is 16.2. The maximum absolute atomic E-state index is 12.6. The van der Waals surface area contributed by atoms with Crippen molar-refractivity contribution >= 4 is 17.3 Å². The summed E-state index contributed by atoms with van der Waals surface area (Å²) in [5, 5.41) is 3.04. The minimum absolute atomic E-state index is 0.0670. The first kappa shape index (κ1) is 17.5. The number of para-hydroxylation sites is 1. The number of aryl methyl sites for hydroxylation is 1. The molecule has 1 aliphatic rings. The van der Waals surface area contributed by atoms with Crippen LogP contribution in [0.4, 0.5) is 11.4 Å². The minimum Gasteiger partial charge on any atom is -0.369 e. The van der Waals surface area contributed by atoms with Gasteiger partial charge < -0.3 is 10.2 Å². The summed E-state index contributed by atoms with van der Waals surface area (Å²) in [7, 11) is 0. The average Bonchev–Trinajstić information content (AvgIpc) is 2.69. The van der Waals surface area contributed by atoms with Gasteiger partial charge in [-0.05, 0) is 43.2 Å². The van der Waals surface area contributed by atoms with E-state index in [4.69, 9.17) is 0 Å². The largest absolute Gasteiger partial charge is 0.369 e. The van der Waals surface area contributed by atoms with Crippen LogP contribution in [-0.4, -0.2) is 43.0 Å². The second kappa shape index (κ2) is 8.17. The number of rotatable bonds is 5. The third-order valence-electron chi connectivity index (χ3n) is 4.99. The van der Waals surface area contributed by atoms with E-state index in [0.717, 1.165) is 38.3 Å². The van der Waals surface area contributed by atoms with Crippen molar-refractivity contribution in [2.45, 2.75) is 26.3 Å². The summed E-state index contributed by atoms with van der Waals surface area (Å²) in [6.45, 7) is 7.83. The van der Waals surface area contributed by atoms with Crippen LogP contribution in [0, 0.1) is 0 Å². The Labute approximate surface area is 150 Å². The molecule has 1 aliphatic heterocycles. The molecule has 1 heterocycles. The molecular weight excluding hydrogens is 310 g/mol. The van der Waals surface area contributed by atoms with Crippen LogP contribution in [0.2, 0.25) is 0 Å². The normalized spacial score (nSPS) is 16.5. The molecule has 1 N–H and O–H groups in total. The quantitative estimate of drug-likeness (QED) is 0.908. The van der Waals surface area contributed by atoms with E-state index in [0.29, 0.717) is 0 Å². The van der Waals surface area contributed by atoms with Crippen molar-refractivity contribution in [1.82, 2.24) is 4.90 Å². The van der Waals surface area contributed by atoms with Crippen LogP contribution in [0.5, 0.6) is 0 Å². The van der Waals surface area contributed by atoms with Gasteiger partial charge in [0.25, 0.3) is 0 Å². The number of nitrogens with zero attached hydrogens (tertiary/aromatic N) is 2. The van der Waals surface area contributed by atoms with Crippen molar-refractivity contribution in [3.05, 3.63) is 60.2 Å². The zero-order valence-electron chi connectivity index (χ0n) is 15.1. The van der Waals surface area contributed by atoms with Crippen molar-refractivity contribution in [2.75, 3.05) is 36.4 Å². The van der Waals surface area contributed by atoms with Gasteiger partial charge in [0.2, 0.25) is 5.91 Å². The SMILES string of the molecule is CCc1ccc(NC(=O)C(C)N2CCN(c3ccccc3)CC2)cc1. The summed E-state index contributed by atoms with van der Waals surface area (Å²) >= 11 is 0. The van der Waals surface area contributed by atoms with Crippen LogP contribution in [0.25, 0.3) is 0 Å². The van der Waals surface area contributed by atoms with Gasteiger partial charge in [-0.2, -0.15) is 0 Å². The molecule has 1 amide bonds. The molecule has 0 saturated carbocycles. The number of hydrogen-bond acceptors (Lipinski definition) is 3. The van der Waals surface area contributed by atoms with Crippen LogP contribution in [0.15, 0.2) is 54.6 Å². The Kier molecular flexibility index (Phi) is 5.71. The highest BCUT2D eigenvalue weighted by molar-refractivity contribution is 5.94. The topological polar surface area (TPSA) is 35.6 Å². The number of carbonyl (C=O) groups excluding carboxylic acids is 1. The monoisotopic (exact) mass is 337 g/mol. The predicted octanol–water partition coefficient (Wildman–Crippen LogP) is 3.40. The molecule has 0 bridgehead atoms. The molecule has 1 atom stereocenters. The summed E-state index contributed by atoms with van der Waals surface area (Å²) in [6.07, 6.45) is 1.01. The van der Waals surface area contributed by atoms with Gasteiger partial charge in [-0.1, -0.05) is 37.3 Å². The lowest BCUT2D eigenvalue weighted by atomic mass is 10.1. The van der Waals surface area contributed by atoms with E-state index in [2.05, 4.69) is 58.4 Å². The Balaban J connectivity index is 1.52. The number of carbonyl (C=O) groups is 1. The lowest BCUT2D eigenvalue weighted by Crippen LogP contribution is -2.52. The Morgan fingerprint density at radius 3 is 2.24 bits per heavy atom. The number of piperazine rings is 1. The molecule has 25 heavy (non-hydrogen) atoms. The number of hydrogen-bond donors (Lipinski definition) is 1. The second-order valence-electron chi connectivity index (χ2n) is 6.57. The molecule has 1 unspecified atom stereocenters. The molecule has 132 valence electrons. The maximum Gasteiger partial charge on any atom is 0.241 e. The standard InChI is InChI=1S/C21H27N3O/c1-3-18-9-11-19(12-10-18)22-21(25)17(2)23-13-15-24(16-14-23)20-7-5-4-6-8-20/h4-12,17H,3,13-16H2,1-2H3,(H,22,25). The number of benzene rings is 2.